The van der Waals surface area contributed by atoms with Gasteiger partial charge in [0.2, 0.25) is 0 Å². The summed E-state index contributed by atoms with van der Waals surface area (Å²) in [6.07, 6.45) is 1.44. The fourth-order valence-corrected chi connectivity index (χ4v) is 3.07. The first-order chi connectivity index (χ1) is 9.03. The van der Waals surface area contributed by atoms with E-state index < -0.39 is 10.0 Å². The highest BCUT2D eigenvalue weighted by Gasteiger charge is 2.16. The van der Waals surface area contributed by atoms with Gasteiger partial charge in [-0.3, -0.25) is 4.72 Å². The lowest BCUT2D eigenvalue weighted by molar-refractivity contribution is 0.601. The molecule has 2 aromatic rings. The van der Waals surface area contributed by atoms with Gasteiger partial charge in [-0.05, 0) is 34.1 Å². The second-order valence-corrected chi connectivity index (χ2v) is 6.25. The fraction of sp³-hybridized carbons (Fsp3) is 0.0833. The Bertz CT molecular complexity index is 689. The van der Waals surface area contributed by atoms with Crippen molar-refractivity contribution in [2.24, 2.45) is 0 Å². The molecule has 0 unspecified atom stereocenters. The van der Waals surface area contributed by atoms with Gasteiger partial charge in [0, 0.05) is 23.8 Å². The lowest BCUT2D eigenvalue weighted by atomic mass is 10.3. The molecule has 0 atom stereocenters. The lowest BCUT2D eigenvalue weighted by Crippen LogP contribution is -2.13. The van der Waals surface area contributed by atoms with Crippen LogP contribution >= 0.6 is 15.9 Å². The summed E-state index contributed by atoms with van der Waals surface area (Å²) in [7, 11) is -1.95. The van der Waals surface area contributed by atoms with E-state index in [1.807, 2.05) is 6.07 Å². The third-order valence-electron chi connectivity index (χ3n) is 2.42. The number of rotatable bonds is 4. The Kier molecular flexibility index (Phi) is 4.06. The van der Waals surface area contributed by atoms with Crippen molar-refractivity contribution in [2.75, 3.05) is 17.1 Å². The Morgan fingerprint density at radius 2 is 1.95 bits per heavy atom. The highest BCUT2D eigenvalue weighted by molar-refractivity contribution is 9.10. The van der Waals surface area contributed by atoms with Crippen LogP contribution in [-0.2, 0) is 10.0 Å². The maximum atomic E-state index is 12.2. The number of aromatic nitrogens is 1. The Hall–Kier alpha value is -1.60. The van der Waals surface area contributed by atoms with Crippen LogP contribution < -0.4 is 10.0 Å². The van der Waals surface area contributed by atoms with E-state index in [9.17, 15) is 8.42 Å². The predicted octanol–water partition coefficient (Wildman–Crippen LogP) is 2.69. The molecule has 0 bridgehead atoms. The van der Waals surface area contributed by atoms with E-state index in [-0.39, 0.29) is 4.90 Å². The molecule has 0 saturated heterocycles. The predicted molar refractivity (Wildman–Crippen MR) is 78.7 cm³/mol. The standard InChI is InChI=1S/C12H12BrN3O2S/c1-14-12-8-9(6-7-15-12)19(17,18)16-11-5-3-2-4-10(11)13/h2-8,16H,1H3,(H,14,15). The molecule has 0 radical (unpaired) electrons. The van der Waals surface area contributed by atoms with Gasteiger partial charge in [-0.15, -0.1) is 0 Å². The number of pyridine rings is 1. The van der Waals surface area contributed by atoms with E-state index in [4.69, 9.17) is 0 Å². The van der Waals surface area contributed by atoms with E-state index in [0.717, 1.165) is 0 Å². The first-order valence-electron chi connectivity index (χ1n) is 5.44. The summed E-state index contributed by atoms with van der Waals surface area (Å²) in [6, 6.07) is 9.94. The average Bonchev–Trinajstić information content (AvgIpc) is 2.41. The van der Waals surface area contributed by atoms with Gasteiger partial charge in [0.25, 0.3) is 10.0 Å². The molecular formula is C12H12BrN3O2S. The molecule has 1 heterocycles. The van der Waals surface area contributed by atoms with Gasteiger partial charge in [0.15, 0.2) is 0 Å². The van der Waals surface area contributed by atoms with Crippen molar-refractivity contribution in [1.29, 1.82) is 0 Å². The zero-order chi connectivity index (χ0) is 13.9. The summed E-state index contributed by atoms with van der Waals surface area (Å²) in [6.45, 7) is 0. The summed E-state index contributed by atoms with van der Waals surface area (Å²) in [5, 5.41) is 2.80. The van der Waals surface area contributed by atoms with Gasteiger partial charge in [-0.2, -0.15) is 0 Å². The largest absolute Gasteiger partial charge is 0.373 e. The zero-order valence-corrected chi connectivity index (χ0v) is 12.5. The van der Waals surface area contributed by atoms with Gasteiger partial charge >= 0.3 is 0 Å². The Balaban J connectivity index is 2.35. The number of nitrogens with zero attached hydrogens (tertiary/aromatic N) is 1. The van der Waals surface area contributed by atoms with Crippen LogP contribution in [0.4, 0.5) is 11.5 Å². The van der Waals surface area contributed by atoms with Gasteiger partial charge in [-0.25, -0.2) is 13.4 Å². The van der Waals surface area contributed by atoms with Crippen LogP contribution in [0.25, 0.3) is 0 Å². The Morgan fingerprint density at radius 3 is 2.63 bits per heavy atom. The molecule has 1 aromatic heterocycles. The zero-order valence-electron chi connectivity index (χ0n) is 10.1. The van der Waals surface area contributed by atoms with Crippen molar-refractivity contribution in [1.82, 2.24) is 4.98 Å². The van der Waals surface area contributed by atoms with Crippen LogP contribution in [0.5, 0.6) is 0 Å². The van der Waals surface area contributed by atoms with Crippen LogP contribution in [0.1, 0.15) is 0 Å². The number of hydrogen-bond donors (Lipinski definition) is 2. The fourth-order valence-electron chi connectivity index (χ4n) is 1.46. The van der Waals surface area contributed by atoms with Crippen LogP contribution in [0, 0.1) is 0 Å². The molecule has 0 spiro atoms. The second kappa shape index (κ2) is 5.58. The first kappa shape index (κ1) is 13.8. The lowest BCUT2D eigenvalue weighted by Gasteiger charge is -2.10. The minimum absolute atomic E-state index is 0.155. The first-order valence-corrected chi connectivity index (χ1v) is 7.72. The number of nitrogens with one attached hydrogen (secondary N) is 2. The molecule has 0 aliphatic rings. The Labute approximate surface area is 120 Å². The van der Waals surface area contributed by atoms with Crippen molar-refractivity contribution in [3.8, 4) is 0 Å². The summed E-state index contributed by atoms with van der Waals surface area (Å²) in [4.78, 5) is 4.14. The van der Waals surface area contributed by atoms with E-state index in [0.29, 0.717) is 16.0 Å². The monoisotopic (exact) mass is 341 g/mol. The molecule has 5 nitrogen and oxygen atoms in total. The number of benzene rings is 1. The molecule has 19 heavy (non-hydrogen) atoms. The van der Waals surface area contributed by atoms with Crippen molar-refractivity contribution < 1.29 is 8.42 Å². The topological polar surface area (TPSA) is 71.1 Å². The number of halogens is 1. The normalized spacial score (nSPS) is 11.1. The molecule has 100 valence electrons. The van der Waals surface area contributed by atoms with Gasteiger partial charge < -0.3 is 5.32 Å². The average molecular weight is 342 g/mol. The van der Waals surface area contributed by atoms with E-state index in [1.165, 1.54) is 18.3 Å². The van der Waals surface area contributed by atoms with Gasteiger partial charge in [-0.1, -0.05) is 12.1 Å². The van der Waals surface area contributed by atoms with Crippen molar-refractivity contribution in [3.05, 3.63) is 47.1 Å². The summed E-state index contributed by atoms with van der Waals surface area (Å²) in [5.74, 6) is 0.495. The molecule has 0 fully saturated rings. The van der Waals surface area contributed by atoms with Crippen molar-refractivity contribution >= 4 is 37.5 Å². The third kappa shape index (κ3) is 3.24. The minimum atomic E-state index is -3.63. The number of anilines is 2. The number of para-hydroxylation sites is 1. The summed E-state index contributed by atoms with van der Waals surface area (Å²) >= 11 is 3.30. The molecular weight excluding hydrogens is 330 g/mol. The maximum Gasteiger partial charge on any atom is 0.262 e. The highest BCUT2D eigenvalue weighted by atomic mass is 79.9. The molecule has 0 amide bonds. The second-order valence-electron chi connectivity index (χ2n) is 3.71. The van der Waals surface area contributed by atoms with Crippen molar-refractivity contribution in [3.63, 3.8) is 0 Å². The van der Waals surface area contributed by atoms with E-state index in [2.05, 4.69) is 31.0 Å². The van der Waals surface area contributed by atoms with Crippen molar-refractivity contribution in [2.45, 2.75) is 4.90 Å². The Morgan fingerprint density at radius 1 is 1.21 bits per heavy atom. The smallest absolute Gasteiger partial charge is 0.262 e. The number of hydrogen-bond acceptors (Lipinski definition) is 4. The molecule has 7 heteroatoms. The van der Waals surface area contributed by atoms with Gasteiger partial charge in [0.05, 0.1) is 10.6 Å². The minimum Gasteiger partial charge on any atom is -0.373 e. The number of sulfonamides is 1. The summed E-state index contributed by atoms with van der Waals surface area (Å²) < 4.78 is 27.7. The molecule has 0 aliphatic heterocycles. The SMILES string of the molecule is CNc1cc(S(=O)(=O)Nc2ccccc2Br)ccn1. The molecule has 1 aromatic carbocycles. The molecule has 0 aliphatic carbocycles. The molecule has 2 N–H and O–H groups in total. The van der Waals surface area contributed by atoms with E-state index >= 15 is 0 Å². The maximum absolute atomic E-state index is 12.2. The van der Waals surface area contributed by atoms with Crippen LogP contribution in [0.15, 0.2) is 52.0 Å². The van der Waals surface area contributed by atoms with Crippen LogP contribution in [-0.4, -0.2) is 20.4 Å². The highest BCUT2D eigenvalue weighted by Crippen LogP contribution is 2.24. The quantitative estimate of drug-likeness (QED) is 0.896. The summed E-state index contributed by atoms with van der Waals surface area (Å²) in [5.41, 5.74) is 0.491. The molecule has 2 rings (SSSR count). The van der Waals surface area contributed by atoms with E-state index in [1.54, 1.807) is 25.2 Å². The third-order valence-corrected chi connectivity index (χ3v) is 4.47. The molecule has 0 saturated carbocycles. The van der Waals surface area contributed by atoms with Crippen LogP contribution in [0.2, 0.25) is 0 Å². The van der Waals surface area contributed by atoms with Gasteiger partial charge in [0.1, 0.15) is 5.82 Å². The van der Waals surface area contributed by atoms with Crippen LogP contribution in [0.3, 0.4) is 0 Å².